The van der Waals surface area contributed by atoms with E-state index in [-0.39, 0.29) is 6.04 Å². The van der Waals surface area contributed by atoms with E-state index in [9.17, 15) is 5.11 Å². The molecule has 0 heterocycles. The van der Waals surface area contributed by atoms with E-state index in [1.165, 1.54) is 4.90 Å². The molecule has 19 heavy (non-hydrogen) atoms. The van der Waals surface area contributed by atoms with E-state index in [0.717, 1.165) is 22.2 Å². The van der Waals surface area contributed by atoms with Crippen LogP contribution in [0.1, 0.15) is 5.56 Å². The summed E-state index contributed by atoms with van der Waals surface area (Å²) in [5.41, 5.74) is 7.19. The third kappa shape index (κ3) is 4.90. The highest BCUT2D eigenvalue weighted by molar-refractivity contribution is 9.10. The number of thioether (sulfide) groups is 1. The van der Waals surface area contributed by atoms with Crippen LogP contribution in [0.3, 0.4) is 0 Å². The van der Waals surface area contributed by atoms with Gasteiger partial charge in [-0.2, -0.15) is 0 Å². The maximum atomic E-state index is 9.41. The average molecular weight is 338 g/mol. The van der Waals surface area contributed by atoms with Gasteiger partial charge in [0.2, 0.25) is 0 Å². The first-order valence-corrected chi connectivity index (χ1v) is 7.83. The number of halogens is 1. The average Bonchev–Trinajstić information content (AvgIpc) is 2.38. The SMILES string of the molecule is NC(CSc1ccc(Br)cc1)Cc1cccc(O)c1. The Bertz CT molecular complexity index is 530. The molecule has 0 saturated heterocycles. The quantitative estimate of drug-likeness (QED) is 0.815. The largest absolute Gasteiger partial charge is 0.508 e. The highest BCUT2D eigenvalue weighted by atomic mass is 79.9. The topological polar surface area (TPSA) is 46.2 Å². The van der Waals surface area contributed by atoms with E-state index in [0.29, 0.717) is 5.75 Å². The molecular weight excluding hydrogens is 322 g/mol. The summed E-state index contributed by atoms with van der Waals surface area (Å²) in [6.45, 7) is 0. The number of nitrogens with two attached hydrogens (primary N) is 1. The van der Waals surface area contributed by atoms with E-state index in [1.807, 2.05) is 24.3 Å². The smallest absolute Gasteiger partial charge is 0.115 e. The maximum Gasteiger partial charge on any atom is 0.115 e. The van der Waals surface area contributed by atoms with Gasteiger partial charge in [-0.15, -0.1) is 11.8 Å². The Kier molecular flexibility index (Phi) is 5.31. The lowest BCUT2D eigenvalue weighted by molar-refractivity contribution is 0.474. The van der Waals surface area contributed by atoms with Crippen LogP contribution in [0, 0.1) is 0 Å². The van der Waals surface area contributed by atoms with Crippen molar-refractivity contribution in [2.24, 2.45) is 5.73 Å². The molecule has 1 atom stereocenters. The minimum Gasteiger partial charge on any atom is -0.508 e. The second kappa shape index (κ2) is 6.98. The van der Waals surface area contributed by atoms with Gasteiger partial charge >= 0.3 is 0 Å². The van der Waals surface area contributed by atoms with Crippen LogP contribution in [0.4, 0.5) is 0 Å². The summed E-state index contributed by atoms with van der Waals surface area (Å²) in [6, 6.07) is 15.6. The number of phenolic OH excluding ortho intramolecular Hbond substituents is 1. The highest BCUT2D eigenvalue weighted by Crippen LogP contribution is 2.22. The Morgan fingerprint density at radius 2 is 1.89 bits per heavy atom. The molecule has 0 aliphatic rings. The van der Waals surface area contributed by atoms with Crippen molar-refractivity contribution in [2.75, 3.05) is 5.75 Å². The molecule has 0 spiro atoms. The number of aromatic hydroxyl groups is 1. The van der Waals surface area contributed by atoms with E-state index >= 15 is 0 Å². The van der Waals surface area contributed by atoms with Gasteiger partial charge in [-0.05, 0) is 48.4 Å². The van der Waals surface area contributed by atoms with Gasteiger partial charge in [0.1, 0.15) is 5.75 Å². The van der Waals surface area contributed by atoms with Crippen molar-refractivity contribution < 1.29 is 5.11 Å². The van der Waals surface area contributed by atoms with Crippen LogP contribution < -0.4 is 5.73 Å². The van der Waals surface area contributed by atoms with Gasteiger partial charge < -0.3 is 10.8 Å². The van der Waals surface area contributed by atoms with Crippen LogP contribution in [0.2, 0.25) is 0 Å². The molecule has 0 bridgehead atoms. The van der Waals surface area contributed by atoms with E-state index in [1.54, 1.807) is 23.9 Å². The van der Waals surface area contributed by atoms with Crippen LogP contribution in [0.25, 0.3) is 0 Å². The van der Waals surface area contributed by atoms with Gasteiger partial charge in [-0.1, -0.05) is 28.1 Å². The summed E-state index contributed by atoms with van der Waals surface area (Å²) in [5.74, 6) is 1.15. The Balaban J connectivity index is 1.84. The van der Waals surface area contributed by atoms with Crippen molar-refractivity contribution in [2.45, 2.75) is 17.4 Å². The molecule has 2 rings (SSSR count). The van der Waals surface area contributed by atoms with Crippen molar-refractivity contribution in [3.8, 4) is 5.75 Å². The van der Waals surface area contributed by atoms with Gasteiger partial charge in [0.25, 0.3) is 0 Å². The zero-order valence-electron chi connectivity index (χ0n) is 10.4. The third-order valence-corrected chi connectivity index (χ3v) is 4.42. The molecule has 0 aromatic heterocycles. The lowest BCUT2D eigenvalue weighted by Crippen LogP contribution is -2.25. The highest BCUT2D eigenvalue weighted by Gasteiger charge is 2.06. The van der Waals surface area contributed by atoms with Crippen LogP contribution in [0.5, 0.6) is 5.75 Å². The molecule has 3 N–H and O–H groups in total. The summed E-state index contributed by atoms with van der Waals surface area (Å²) in [4.78, 5) is 1.22. The minimum atomic E-state index is 0.0791. The molecule has 2 aromatic carbocycles. The summed E-state index contributed by atoms with van der Waals surface area (Å²) in [5, 5.41) is 9.41. The number of benzene rings is 2. The van der Waals surface area contributed by atoms with Gasteiger partial charge in [0, 0.05) is 21.2 Å². The van der Waals surface area contributed by atoms with E-state index in [2.05, 4.69) is 28.1 Å². The van der Waals surface area contributed by atoms with Gasteiger partial charge in [-0.3, -0.25) is 0 Å². The fourth-order valence-corrected chi connectivity index (χ4v) is 2.90. The Hall–Kier alpha value is -0.970. The molecule has 0 aliphatic carbocycles. The molecule has 0 saturated carbocycles. The second-order valence-corrected chi connectivity index (χ2v) is 6.41. The molecule has 4 heteroatoms. The lowest BCUT2D eigenvalue weighted by Gasteiger charge is -2.11. The van der Waals surface area contributed by atoms with Gasteiger partial charge in [0.05, 0.1) is 0 Å². The first kappa shape index (κ1) is 14.4. The Morgan fingerprint density at radius 1 is 1.16 bits per heavy atom. The normalized spacial score (nSPS) is 12.3. The second-order valence-electron chi connectivity index (χ2n) is 4.40. The van der Waals surface area contributed by atoms with Crippen molar-refractivity contribution in [3.05, 3.63) is 58.6 Å². The molecule has 100 valence electrons. The van der Waals surface area contributed by atoms with Crippen LogP contribution in [0.15, 0.2) is 57.9 Å². The van der Waals surface area contributed by atoms with Gasteiger partial charge in [-0.25, -0.2) is 0 Å². The zero-order valence-corrected chi connectivity index (χ0v) is 12.8. The van der Waals surface area contributed by atoms with Crippen molar-refractivity contribution in [3.63, 3.8) is 0 Å². The van der Waals surface area contributed by atoms with Gasteiger partial charge in [0.15, 0.2) is 0 Å². The van der Waals surface area contributed by atoms with Crippen LogP contribution >= 0.6 is 27.7 Å². The van der Waals surface area contributed by atoms with Crippen molar-refractivity contribution >= 4 is 27.7 Å². The predicted molar refractivity (Wildman–Crippen MR) is 84.7 cm³/mol. The molecule has 0 aliphatic heterocycles. The summed E-state index contributed by atoms with van der Waals surface area (Å²) in [6.07, 6.45) is 0.776. The van der Waals surface area contributed by atoms with Crippen LogP contribution in [-0.4, -0.2) is 16.9 Å². The van der Waals surface area contributed by atoms with Crippen molar-refractivity contribution in [1.29, 1.82) is 0 Å². The molecule has 2 aromatic rings. The monoisotopic (exact) mass is 337 g/mol. The Labute approximate surface area is 126 Å². The summed E-state index contributed by atoms with van der Waals surface area (Å²) < 4.78 is 1.08. The summed E-state index contributed by atoms with van der Waals surface area (Å²) >= 11 is 5.17. The standard InChI is InChI=1S/C15H16BrNOS/c16-12-4-6-15(7-5-12)19-10-13(17)8-11-2-1-3-14(18)9-11/h1-7,9,13,18H,8,10,17H2. The fourth-order valence-electron chi connectivity index (χ4n) is 1.78. The lowest BCUT2D eigenvalue weighted by atomic mass is 10.1. The minimum absolute atomic E-state index is 0.0791. The maximum absolute atomic E-state index is 9.41. The Morgan fingerprint density at radius 3 is 2.58 bits per heavy atom. The number of hydrogen-bond donors (Lipinski definition) is 2. The first-order valence-electron chi connectivity index (χ1n) is 6.05. The predicted octanol–water partition coefficient (Wildman–Crippen LogP) is 3.82. The fraction of sp³-hybridized carbons (Fsp3) is 0.200. The molecule has 2 nitrogen and oxygen atoms in total. The third-order valence-electron chi connectivity index (χ3n) is 2.69. The molecular formula is C15H16BrNOS. The molecule has 0 radical (unpaired) electrons. The van der Waals surface area contributed by atoms with Crippen molar-refractivity contribution in [1.82, 2.24) is 0 Å². The summed E-state index contributed by atoms with van der Waals surface area (Å²) in [7, 11) is 0. The number of rotatable bonds is 5. The molecule has 1 unspecified atom stereocenters. The number of hydrogen-bond acceptors (Lipinski definition) is 3. The molecule has 0 amide bonds. The first-order chi connectivity index (χ1) is 9.13. The van der Waals surface area contributed by atoms with E-state index in [4.69, 9.17) is 5.73 Å². The van der Waals surface area contributed by atoms with Crippen LogP contribution in [-0.2, 0) is 6.42 Å². The van der Waals surface area contributed by atoms with E-state index < -0.39 is 0 Å². The molecule has 0 fully saturated rings. The number of phenols is 1. The zero-order chi connectivity index (χ0) is 13.7.